The fraction of sp³-hybridized carbons (Fsp3) is 0.389. The van der Waals surface area contributed by atoms with Gasteiger partial charge in [-0.05, 0) is 39.3 Å². The van der Waals surface area contributed by atoms with Gasteiger partial charge >= 0.3 is 0 Å². The van der Waals surface area contributed by atoms with Gasteiger partial charge in [0.2, 0.25) is 11.0 Å². The highest BCUT2D eigenvalue weighted by molar-refractivity contribution is 8.01. The van der Waals surface area contributed by atoms with Crippen LogP contribution in [0.3, 0.4) is 0 Å². The monoisotopic (exact) mass is 390 g/mol. The zero-order valence-corrected chi connectivity index (χ0v) is 16.9. The van der Waals surface area contributed by atoms with E-state index in [9.17, 15) is 4.79 Å². The van der Waals surface area contributed by atoms with Gasteiger partial charge in [-0.2, -0.15) is 0 Å². The number of thioether (sulfide) groups is 1. The van der Waals surface area contributed by atoms with Gasteiger partial charge in [0.15, 0.2) is 4.34 Å². The summed E-state index contributed by atoms with van der Waals surface area (Å²) in [7, 11) is 0. The van der Waals surface area contributed by atoms with Crippen LogP contribution in [0.1, 0.15) is 33.3 Å². The Morgan fingerprint density at radius 2 is 2.15 bits per heavy atom. The molecule has 0 saturated carbocycles. The molecule has 138 valence electrons. The van der Waals surface area contributed by atoms with Crippen molar-refractivity contribution in [1.82, 2.24) is 10.2 Å². The van der Waals surface area contributed by atoms with E-state index in [-0.39, 0.29) is 11.7 Å². The molecule has 3 rings (SSSR count). The zero-order chi connectivity index (χ0) is 18.9. The fourth-order valence-electron chi connectivity index (χ4n) is 3.22. The van der Waals surface area contributed by atoms with E-state index in [1.165, 1.54) is 23.1 Å². The summed E-state index contributed by atoms with van der Waals surface area (Å²) >= 11 is 2.64. The zero-order valence-electron chi connectivity index (χ0n) is 15.3. The molecule has 0 radical (unpaired) electrons. The molecule has 8 heteroatoms. The molecule has 0 saturated heterocycles. The van der Waals surface area contributed by atoms with Crippen molar-refractivity contribution in [3.63, 3.8) is 0 Å². The first-order valence-electron chi connectivity index (χ1n) is 8.34. The summed E-state index contributed by atoms with van der Waals surface area (Å²) in [4.78, 5) is 15.0. The average molecular weight is 391 g/mol. The van der Waals surface area contributed by atoms with Crippen molar-refractivity contribution in [3.8, 4) is 5.75 Å². The summed E-state index contributed by atoms with van der Waals surface area (Å²) in [6.45, 7) is 8.62. The summed E-state index contributed by atoms with van der Waals surface area (Å²) in [5.41, 5.74) is 8.15. The number of nitrogens with zero attached hydrogens (tertiary/aromatic N) is 3. The van der Waals surface area contributed by atoms with E-state index in [1.807, 2.05) is 43.9 Å². The second-order valence-electron chi connectivity index (χ2n) is 6.49. The topological polar surface area (TPSA) is 81.3 Å². The number of ether oxygens (including phenoxy) is 1. The molecule has 1 aliphatic heterocycles. The first-order valence-corrected chi connectivity index (χ1v) is 10.1. The third-order valence-corrected chi connectivity index (χ3v) is 5.95. The molecule has 1 aromatic carbocycles. The lowest BCUT2D eigenvalue weighted by molar-refractivity contribution is -0.116. The molecule has 6 nitrogen and oxygen atoms in total. The molecule has 1 aliphatic rings. The smallest absolute Gasteiger partial charge is 0.238 e. The number of nitrogen functional groups attached to an aromatic ring is 1. The van der Waals surface area contributed by atoms with Crippen molar-refractivity contribution in [2.75, 3.05) is 23.0 Å². The van der Waals surface area contributed by atoms with Crippen LogP contribution in [0.5, 0.6) is 5.75 Å². The number of para-hydroxylation sites is 1. The molecule has 1 aromatic heterocycles. The number of anilines is 2. The highest BCUT2D eigenvalue weighted by Gasteiger charge is 2.37. The molecule has 0 bridgehead atoms. The number of benzene rings is 1. The van der Waals surface area contributed by atoms with Gasteiger partial charge < -0.3 is 10.5 Å². The van der Waals surface area contributed by atoms with Crippen LogP contribution in [0.4, 0.5) is 10.8 Å². The van der Waals surface area contributed by atoms with Crippen molar-refractivity contribution in [2.24, 2.45) is 0 Å². The number of aromatic nitrogens is 2. The number of fused-ring (bicyclic) bond motifs is 1. The minimum atomic E-state index is -0.456. The van der Waals surface area contributed by atoms with Gasteiger partial charge in [-0.1, -0.05) is 41.3 Å². The Morgan fingerprint density at radius 1 is 1.38 bits per heavy atom. The number of carbonyl (C=O) groups is 1. The van der Waals surface area contributed by atoms with Gasteiger partial charge in [-0.15, -0.1) is 10.2 Å². The highest BCUT2D eigenvalue weighted by atomic mass is 32.2. The SMILES string of the molecule is CCOc1cccc2c1N(C(=O)CSc1nnc(N)s1)C(C)(C)C=C2C. The van der Waals surface area contributed by atoms with E-state index in [0.29, 0.717) is 16.1 Å². The van der Waals surface area contributed by atoms with Crippen LogP contribution >= 0.6 is 23.1 Å². The summed E-state index contributed by atoms with van der Waals surface area (Å²) in [6, 6.07) is 5.90. The van der Waals surface area contributed by atoms with Crippen LogP contribution in [-0.2, 0) is 4.79 Å². The molecule has 2 heterocycles. The van der Waals surface area contributed by atoms with E-state index in [4.69, 9.17) is 10.5 Å². The van der Waals surface area contributed by atoms with Crippen LogP contribution < -0.4 is 15.4 Å². The van der Waals surface area contributed by atoms with Crippen molar-refractivity contribution in [3.05, 3.63) is 29.8 Å². The molecule has 2 aromatic rings. The Hall–Kier alpha value is -2.06. The van der Waals surface area contributed by atoms with Crippen LogP contribution in [0.15, 0.2) is 28.6 Å². The Balaban J connectivity index is 1.96. The lowest BCUT2D eigenvalue weighted by atomic mass is 9.88. The minimum Gasteiger partial charge on any atom is -0.492 e. The number of amides is 1. The minimum absolute atomic E-state index is 0.00840. The molecule has 2 N–H and O–H groups in total. The van der Waals surface area contributed by atoms with Crippen LogP contribution in [0.25, 0.3) is 5.57 Å². The Morgan fingerprint density at radius 3 is 2.81 bits per heavy atom. The Bertz CT molecular complexity index is 861. The summed E-state index contributed by atoms with van der Waals surface area (Å²) in [6.07, 6.45) is 2.12. The molecule has 0 fully saturated rings. The molecule has 26 heavy (non-hydrogen) atoms. The van der Waals surface area contributed by atoms with E-state index < -0.39 is 5.54 Å². The second-order valence-corrected chi connectivity index (χ2v) is 8.72. The summed E-state index contributed by atoms with van der Waals surface area (Å²) in [5, 5.41) is 8.17. The van der Waals surface area contributed by atoms with Gasteiger partial charge in [0, 0.05) is 5.56 Å². The number of rotatable bonds is 5. The van der Waals surface area contributed by atoms with Gasteiger partial charge in [0.25, 0.3) is 0 Å². The highest BCUT2D eigenvalue weighted by Crippen LogP contribution is 2.45. The maximum atomic E-state index is 13.2. The maximum absolute atomic E-state index is 13.2. The largest absolute Gasteiger partial charge is 0.492 e. The molecular formula is C18H22N4O2S2. The standard InChI is InChI=1S/C18H22N4O2S2/c1-5-24-13-8-6-7-12-11(2)9-18(3,4)22(15(12)13)14(23)10-25-17-21-20-16(19)26-17/h6-9H,5,10H2,1-4H3,(H2,19,20). The van der Waals surface area contributed by atoms with Crippen molar-refractivity contribution < 1.29 is 9.53 Å². The number of hydrogen-bond acceptors (Lipinski definition) is 7. The van der Waals surface area contributed by atoms with Gasteiger partial charge in [0.05, 0.1) is 23.6 Å². The van der Waals surface area contributed by atoms with Crippen LogP contribution in [0.2, 0.25) is 0 Å². The first-order chi connectivity index (χ1) is 12.3. The Labute approximate surface area is 161 Å². The predicted octanol–water partition coefficient (Wildman–Crippen LogP) is 3.84. The number of nitrogens with two attached hydrogens (primary N) is 1. The normalized spacial score (nSPS) is 15.4. The third kappa shape index (κ3) is 3.57. The first kappa shape index (κ1) is 18.7. The summed E-state index contributed by atoms with van der Waals surface area (Å²) < 4.78 is 6.52. The van der Waals surface area contributed by atoms with E-state index in [0.717, 1.165) is 22.6 Å². The van der Waals surface area contributed by atoms with E-state index in [2.05, 4.69) is 23.2 Å². The lowest BCUT2D eigenvalue weighted by Gasteiger charge is -2.42. The van der Waals surface area contributed by atoms with Crippen molar-refractivity contribution in [2.45, 2.75) is 37.6 Å². The van der Waals surface area contributed by atoms with E-state index in [1.54, 1.807) is 0 Å². The maximum Gasteiger partial charge on any atom is 0.238 e. The number of hydrogen-bond donors (Lipinski definition) is 1. The molecular weight excluding hydrogens is 368 g/mol. The average Bonchev–Trinajstić information content (AvgIpc) is 2.98. The van der Waals surface area contributed by atoms with Gasteiger partial charge in [0.1, 0.15) is 5.75 Å². The van der Waals surface area contributed by atoms with Gasteiger partial charge in [-0.25, -0.2) is 0 Å². The summed E-state index contributed by atoms with van der Waals surface area (Å²) in [5.74, 6) is 0.972. The molecule has 0 spiro atoms. The van der Waals surface area contributed by atoms with Crippen LogP contribution in [-0.4, -0.2) is 34.0 Å². The number of carbonyl (C=O) groups excluding carboxylic acids is 1. The molecule has 0 atom stereocenters. The molecule has 0 aliphatic carbocycles. The second kappa shape index (κ2) is 7.28. The lowest BCUT2D eigenvalue weighted by Crippen LogP contribution is -2.50. The van der Waals surface area contributed by atoms with E-state index >= 15 is 0 Å². The van der Waals surface area contributed by atoms with Crippen molar-refractivity contribution >= 4 is 45.4 Å². The van der Waals surface area contributed by atoms with Crippen LogP contribution in [0, 0.1) is 0 Å². The third-order valence-electron chi connectivity index (χ3n) is 4.08. The van der Waals surface area contributed by atoms with Crippen molar-refractivity contribution in [1.29, 1.82) is 0 Å². The quantitative estimate of drug-likeness (QED) is 0.781. The predicted molar refractivity (Wildman–Crippen MR) is 108 cm³/mol. The molecule has 1 amide bonds. The fourth-order valence-corrected chi connectivity index (χ4v) is 4.70. The number of allylic oxidation sites excluding steroid dienone is 1. The Kier molecular flexibility index (Phi) is 5.24. The van der Waals surface area contributed by atoms with Gasteiger partial charge in [-0.3, -0.25) is 9.69 Å². The molecule has 0 unspecified atom stereocenters.